The van der Waals surface area contributed by atoms with E-state index in [1.54, 1.807) is 16.9 Å². The standard InChI is InChI=1S/C24H21N3O3/c28-21-19-4-1-2-5-20(19)24(30-21)12-15-26(16-24)22(29)23(10-11-23)17-6-8-18(9-7-17)27-14-3-13-25-27/h1-9,13-14H,10-12,15-16H2. The lowest BCUT2D eigenvalue weighted by molar-refractivity contribution is -0.134. The second-order valence-corrected chi connectivity index (χ2v) is 8.49. The van der Waals surface area contributed by atoms with E-state index in [2.05, 4.69) is 5.10 Å². The van der Waals surface area contributed by atoms with Crippen molar-refractivity contribution in [2.75, 3.05) is 13.1 Å². The van der Waals surface area contributed by atoms with Gasteiger partial charge in [-0.3, -0.25) is 4.79 Å². The van der Waals surface area contributed by atoms with Gasteiger partial charge in [-0.05, 0) is 42.7 Å². The summed E-state index contributed by atoms with van der Waals surface area (Å²) >= 11 is 0. The lowest BCUT2D eigenvalue weighted by Crippen LogP contribution is -2.40. The minimum Gasteiger partial charge on any atom is -0.449 e. The number of aromatic nitrogens is 2. The third-order valence-electron chi connectivity index (χ3n) is 6.79. The van der Waals surface area contributed by atoms with Gasteiger partial charge < -0.3 is 9.64 Å². The van der Waals surface area contributed by atoms with Crippen LogP contribution in [-0.2, 0) is 20.5 Å². The molecule has 6 rings (SSSR count). The molecule has 150 valence electrons. The Morgan fingerprint density at radius 1 is 1.00 bits per heavy atom. The fraction of sp³-hybridized carbons (Fsp3) is 0.292. The molecule has 0 bridgehead atoms. The van der Waals surface area contributed by atoms with Crippen LogP contribution in [0.25, 0.3) is 5.69 Å². The molecule has 6 nitrogen and oxygen atoms in total. The Labute approximate surface area is 174 Å². The van der Waals surface area contributed by atoms with Gasteiger partial charge in [-0.2, -0.15) is 5.10 Å². The highest BCUT2D eigenvalue weighted by atomic mass is 16.6. The van der Waals surface area contributed by atoms with E-state index in [4.69, 9.17) is 4.74 Å². The van der Waals surface area contributed by atoms with E-state index >= 15 is 0 Å². The average Bonchev–Trinajstić information content (AvgIpc) is 3.13. The van der Waals surface area contributed by atoms with Crippen LogP contribution < -0.4 is 0 Å². The van der Waals surface area contributed by atoms with E-state index in [9.17, 15) is 9.59 Å². The third-order valence-corrected chi connectivity index (χ3v) is 6.79. The predicted molar refractivity (Wildman–Crippen MR) is 109 cm³/mol. The SMILES string of the molecule is O=C1OC2(CCN(C(=O)C3(c4ccc(-n5cccn5)cc4)CC3)C2)c2ccccc21. The molecule has 1 saturated carbocycles. The monoisotopic (exact) mass is 399 g/mol. The van der Waals surface area contributed by atoms with Crippen molar-refractivity contribution in [2.24, 2.45) is 0 Å². The van der Waals surface area contributed by atoms with Crippen LogP contribution in [-0.4, -0.2) is 39.6 Å². The molecule has 3 heterocycles. The molecule has 1 saturated heterocycles. The molecule has 6 heteroatoms. The molecular formula is C24H21N3O3. The fourth-order valence-electron chi connectivity index (χ4n) is 5.01. The van der Waals surface area contributed by atoms with Crippen LogP contribution in [0, 0.1) is 0 Å². The molecule has 3 aromatic rings. The number of hydrogen-bond acceptors (Lipinski definition) is 4. The van der Waals surface area contributed by atoms with Gasteiger partial charge in [0.2, 0.25) is 5.91 Å². The summed E-state index contributed by atoms with van der Waals surface area (Å²) in [4.78, 5) is 27.8. The molecule has 1 atom stereocenters. The molecular weight excluding hydrogens is 378 g/mol. The van der Waals surface area contributed by atoms with Crippen molar-refractivity contribution in [2.45, 2.75) is 30.3 Å². The summed E-state index contributed by atoms with van der Waals surface area (Å²) in [5.41, 5.74) is 2.43. The molecule has 1 spiro atoms. The number of ether oxygens (including phenoxy) is 1. The first kappa shape index (κ1) is 17.4. The van der Waals surface area contributed by atoms with Crippen molar-refractivity contribution in [3.8, 4) is 5.69 Å². The van der Waals surface area contributed by atoms with Gasteiger partial charge in [0.1, 0.15) is 0 Å². The van der Waals surface area contributed by atoms with Crippen LogP contribution >= 0.6 is 0 Å². The summed E-state index contributed by atoms with van der Waals surface area (Å²) < 4.78 is 7.62. The summed E-state index contributed by atoms with van der Waals surface area (Å²) in [5.74, 6) is -0.137. The minimum atomic E-state index is -0.691. The van der Waals surface area contributed by atoms with Crippen LogP contribution in [0.3, 0.4) is 0 Å². The molecule has 1 unspecified atom stereocenters. The number of benzene rings is 2. The minimum absolute atomic E-state index is 0.145. The Kier molecular flexibility index (Phi) is 3.52. The number of rotatable bonds is 3. The second kappa shape index (κ2) is 6.05. The molecule has 3 aliphatic rings. The van der Waals surface area contributed by atoms with Crippen molar-refractivity contribution < 1.29 is 14.3 Å². The normalized spacial score (nSPS) is 23.5. The lowest BCUT2D eigenvalue weighted by atomic mass is 9.91. The van der Waals surface area contributed by atoms with Gasteiger partial charge in [-0.25, -0.2) is 9.48 Å². The number of esters is 1. The topological polar surface area (TPSA) is 64.4 Å². The molecule has 0 radical (unpaired) electrons. The Morgan fingerprint density at radius 2 is 1.80 bits per heavy atom. The van der Waals surface area contributed by atoms with Gasteiger partial charge in [0.25, 0.3) is 0 Å². The number of nitrogens with zero attached hydrogens (tertiary/aromatic N) is 3. The number of amides is 1. The largest absolute Gasteiger partial charge is 0.449 e. The van der Waals surface area contributed by atoms with Crippen molar-refractivity contribution in [3.05, 3.63) is 83.7 Å². The quantitative estimate of drug-likeness (QED) is 0.635. The van der Waals surface area contributed by atoms with Crippen molar-refractivity contribution in [1.29, 1.82) is 0 Å². The maximum atomic E-state index is 13.5. The summed E-state index contributed by atoms with van der Waals surface area (Å²) in [6.45, 7) is 1.04. The Hall–Kier alpha value is -3.41. The van der Waals surface area contributed by atoms with E-state index < -0.39 is 11.0 Å². The molecule has 1 amide bonds. The molecule has 2 aliphatic heterocycles. The lowest BCUT2D eigenvalue weighted by Gasteiger charge is -2.27. The zero-order chi connectivity index (χ0) is 20.3. The molecule has 2 fully saturated rings. The molecule has 1 aliphatic carbocycles. The number of likely N-dealkylation sites (tertiary alicyclic amines) is 1. The number of fused-ring (bicyclic) bond motifs is 2. The third kappa shape index (κ3) is 2.39. The molecule has 30 heavy (non-hydrogen) atoms. The van der Waals surface area contributed by atoms with Crippen LogP contribution in [0.5, 0.6) is 0 Å². The second-order valence-electron chi connectivity index (χ2n) is 8.49. The van der Waals surface area contributed by atoms with Crippen LogP contribution in [0.2, 0.25) is 0 Å². The van der Waals surface area contributed by atoms with Crippen molar-refractivity contribution in [1.82, 2.24) is 14.7 Å². The van der Waals surface area contributed by atoms with E-state index in [1.807, 2.05) is 59.6 Å². The first-order valence-electron chi connectivity index (χ1n) is 10.3. The van der Waals surface area contributed by atoms with E-state index in [-0.39, 0.29) is 11.9 Å². The zero-order valence-electron chi connectivity index (χ0n) is 16.5. The Morgan fingerprint density at radius 3 is 2.53 bits per heavy atom. The number of hydrogen-bond donors (Lipinski definition) is 0. The molecule has 0 N–H and O–H groups in total. The maximum absolute atomic E-state index is 13.5. The Balaban J connectivity index is 1.25. The Bertz CT molecular complexity index is 1150. The van der Waals surface area contributed by atoms with Gasteiger partial charge in [0.05, 0.1) is 23.2 Å². The summed E-state index contributed by atoms with van der Waals surface area (Å²) in [6, 6.07) is 17.5. The summed E-state index contributed by atoms with van der Waals surface area (Å²) in [5, 5.41) is 4.26. The fourth-order valence-corrected chi connectivity index (χ4v) is 5.01. The molecule has 1 aromatic heterocycles. The van der Waals surface area contributed by atoms with Crippen LogP contribution in [0.4, 0.5) is 0 Å². The molecule has 2 aromatic carbocycles. The van der Waals surface area contributed by atoms with Gasteiger partial charge >= 0.3 is 5.97 Å². The van der Waals surface area contributed by atoms with E-state index in [1.165, 1.54) is 0 Å². The smallest absolute Gasteiger partial charge is 0.339 e. The first-order valence-corrected chi connectivity index (χ1v) is 10.3. The van der Waals surface area contributed by atoms with Gasteiger partial charge in [0, 0.05) is 30.9 Å². The van der Waals surface area contributed by atoms with Gasteiger partial charge in [-0.15, -0.1) is 0 Å². The van der Waals surface area contributed by atoms with E-state index in [0.29, 0.717) is 25.1 Å². The van der Waals surface area contributed by atoms with Crippen LogP contribution in [0.15, 0.2) is 67.0 Å². The summed E-state index contributed by atoms with van der Waals surface area (Å²) in [7, 11) is 0. The highest BCUT2D eigenvalue weighted by Gasteiger charge is 2.57. The zero-order valence-corrected chi connectivity index (χ0v) is 16.5. The summed E-state index contributed by atoms with van der Waals surface area (Å²) in [6.07, 6.45) is 6.00. The van der Waals surface area contributed by atoms with Crippen molar-refractivity contribution >= 4 is 11.9 Å². The van der Waals surface area contributed by atoms with Gasteiger partial charge in [-0.1, -0.05) is 30.3 Å². The van der Waals surface area contributed by atoms with Crippen molar-refractivity contribution in [3.63, 3.8) is 0 Å². The number of carbonyl (C=O) groups is 2. The maximum Gasteiger partial charge on any atom is 0.339 e. The average molecular weight is 399 g/mol. The van der Waals surface area contributed by atoms with Gasteiger partial charge in [0.15, 0.2) is 5.60 Å². The predicted octanol–water partition coefficient (Wildman–Crippen LogP) is 3.20. The number of carbonyl (C=O) groups excluding carboxylic acids is 2. The highest BCUT2D eigenvalue weighted by Crippen LogP contribution is 2.52. The van der Waals surface area contributed by atoms with Crippen LogP contribution in [0.1, 0.15) is 40.7 Å². The van der Waals surface area contributed by atoms with E-state index in [0.717, 1.165) is 29.7 Å². The highest BCUT2D eigenvalue weighted by molar-refractivity contribution is 5.96. The first-order chi connectivity index (χ1) is 14.6.